The minimum atomic E-state index is 0.690. The van der Waals surface area contributed by atoms with Crippen LogP contribution in [0, 0.1) is 0 Å². The van der Waals surface area contributed by atoms with Crippen LogP contribution in [0.2, 0.25) is 0 Å². The van der Waals surface area contributed by atoms with Crippen LogP contribution in [-0.4, -0.2) is 12.6 Å². The zero-order valence-corrected chi connectivity index (χ0v) is 3.44. The molecule has 0 aromatic carbocycles. The lowest BCUT2D eigenvalue weighted by molar-refractivity contribution is 0.388. The first-order valence-electron chi connectivity index (χ1n) is 2.06. The molecule has 1 rings (SSSR count). The summed E-state index contributed by atoms with van der Waals surface area (Å²) in [6, 6.07) is 0.690. The van der Waals surface area contributed by atoms with Gasteiger partial charge in [-0.1, -0.05) is 0 Å². The van der Waals surface area contributed by atoms with E-state index in [4.69, 9.17) is 0 Å². The Kier molecular flexibility index (Phi) is 0.618. The summed E-state index contributed by atoms with van der Waals surface area (Å²) in [6.07, 6.45) is 1.32. The van der Waals surface area contributed by atoms with Crippen LogP contribution in [0.15, 0.2) is 0 Å². The van der Waals surface area contributed by atoms with Crippen molar-refractivity contribution < 1.29 is 0 Å². The number of rotatable bonds is 0. The molecule has 0 aliphatic carbocycles. The molecule has 1 aliphatic rings. The Bertz CT molecular complexity index is 30.6. The molecular weight excluding hydrogens is 62.1 g/mol. The lowest BCUT2D eigenvalue weighted by Crippen LogP contribution is -2.32. The van der Waals surface area contributed by atoms with Gasteiger partial charge in [0.2, 0.25) is 0 Å². The number of hydrogen-bond acceptors (Lipinski definition) is 0. The highest BCUT2D eigenvalue weighted by atomic mass is 15.0. The van der Waals surface area contributed by atoms with Gasteiger partial charge in [0.25, 0.3) is 0 Å². The van der Waals surface area contributed by atoms with Gasteiger partial charge >= 0.3 is 0 Å². The van der Waals surface area contributed by atoms with Gasteiger partial charge in [-0.2, -0.15) is 0 Å². The fourth-order valence-electron chi connectivity index (χ4n) is 0.387. The minimum absolute atomic E-state index is 0.690. The molecule has 0 N–H and O–H groups in total. The molecule has 1 radical (unpaired) electrons. The van der Waals surface area contributed by atoms with E-state index in [9.17, 15) is 0 Å². The van der Waals surface area contributed by atoms with E-state index in [0.29, 0.717) is 6.04 Å². The van der Waals surface area contributed by atoms with Gasteiger partial charge in [0.15, 0.2) is 0 Å². The molecule has 1 saturated heterocycles. The molecule has 0 aromatic heterocycles. The molecule has 1 nitrogen and oxygen atoms in total. The molecule has 1 fully saturated rings. The molecule has 0 aromatic rings. The predicted octanol–water partition coefficient (Wildman–Crippen LogP) is 0.383. The van der Waals surface area contributed by atoms with Crippen molar-refractivity contribution in [3.05, 3.63) is 0 Å². The first kappa shape index (κ1) is 3.16. The molecule has 1 unspecified atom stereocenters. The maximum absolute atomic E-state index is 4.07. The first-order chi connectivity index (χ1) is 2.39. The van der Waals surface area contributed by atoms with E-state index >= 15 is 0 Å². The zero-order chi connectivity index (χ0) is 3.70. The molecule has 0 amide bonds. The van der Waals surface area contributed by atoms with Gasteiger partial charge in [-0.3, -0.25) is 0 Å². The van der Waals surface area contributed by atoms with E-state index in [-0.39, 0.29) is 0 Å². The van der Waals surface area contributed by atoms with Gasteiger partial charge in [0, 0.05) is 12.6 Å². The van der Waals surface area contributed by atoms with Crippen molar-refractivity contribution in [3.63, 3.8) is 0 Å². The van der Waals surface area contributed by atoms with Gasteiger partial charge in [-0.05, 0) is 13.3 Å². The Hall–Kier alpha value is -0.0400. The van der Waals surface area contributed by atoms with Gasteiger partial charge in [0.05, 0.1) is 0 Å². The van der Waals surface area contributed by atoms with Crippen LogP contribution >= 0.6 is 0 Å². The summed E-state index contributed by atoms with van der Waals surface area (Å²) >= 11 is 0. The zero-order valence-electron chi connectivity index (χ0n) is 3.44. The maximum atomic E-state index is 4.07. The Labute approximate surface area is 32.4 Å². The quantitative estimate of drug-likeness (QED) is 0.391. The molecule has 0 saturated carbocycles. The lowest BCUT2D eigenvalue weighted by Gasteiger charge is -2.19. The van der Waals surface area contributed by atoms with Crippen molar-refractivity contribution in [2.75, 3.05) is 6.54 Å². The summed E-state index contributed by atoms with van der Waals surface area (Å²) < 4.78 is 0. The third-order valence-corrected chi connectivity index (χ3v) is 0.988. The van der Waals surface area contributed by atoms with Gasteiger partial charge in [0.1, 0.15) is 0 Å². The summed E-state index contributed by atoms with van der Waals surface area (Å²) in [5, 5.41) is 4.07. The average Bonchev–Trinajstić information content (AvgIpc) is 1.30. The van der Waals surface area contributed by atoms with Crippen LogP contribution in [-0.2, 0) is 0 Å². The second-order valence-electron chi connectivity index (χ2n) is 1.54. The second-order valence-corrected chi connectivity index (χ2v) is 1.54. The minimum Gasteiger partial charge on any atom is -0.239 e. The molecular formula is C4H8N. The second kappa shape index (κ2) is 0.977. The van der Waals surface area contributed by atoms with Crippen LogP contribution in [0.5, 0.6) is 0 Å². The van der Waals surface area contributed by atoms with Crippen LogP contribution in [0.3, 0.4) is 0 Å². The van der Waals surface area contributed by atoms with Gasteiger partial charge < -0.3 is 0 Å². The number of nitrogens with zero attached hydrogens (tertiary/aromatic N) is 1. The molecule has 0 spiro atoms. The SMILES string of the molecule is CC1CC[N]1. The van der Waals surface area contributed by atoms with E-state index in [1.807, 2.05) is 0 Å². The Morgan fingerprint density at radius 2 is 2.20 bits per heavy atom. The van der Waals surface area contributed by atoms with Crippen molar-refractivity contribution in [2.45, 2.75) is 19.4 Å². The summed E-state index contributed by atoms with van der Waals surface area (Å²) in [6.45, 7) is 3.25. The standard InChI is InChI=1S/C4H8N/c1-4-2-3-5-4/h4H,2-3H2,1H3. The normalized spacial score (nSPS) is 36.6. The predicted molar refractivity (Wildman–Crippen MR) is 21.1 cm³/mol. The fourth-order valence-corrected chi connectivity index (χ4v) is 0.387. The van der Waals surface area contributed by atoms with E-state index < -0.39 is 0 Å². The smallest absolute Gasteiger partial charge is 0.0230 e. The van der Waals surface area contributed by atoms with E-state index in [0.717, 1.165) is 6.54 Å². The average molecular weight is 70.1 g/mol. The van der Waals surface area contributed by atoms with Crippen LogP contribution in [0.25, 0.3) is 0 Å². The molecule has 5 heavy (non-hydrogen) atoms. The van der Waals surface area contributed by atoms with Crippen molar-refractivity contribution in [1.82, 2.24) is 5.32 Å². The monoisotopic (exact) mass is 70.1 g/mol. The molecule has 1 atom stereocenters. The topological polar surface area (TPSA) is 14.1 Å². The molecule has 1 heteroatoms. The number of hydrogen-bond donors (Lipinski definition) is 0. The molecule has 0 bridgehead atoms. The highest BCUT2D eigenvalue weighted by molar-refractivity contribution is 4.69. The van der Waals surface area contributed by atoms with Crippen molar-refractivity contribution >= 4 is 0 Å². The van der Waals surface area contributed by atoms with Crippen molar-refractivity contribution in [1.29, 1.82) is 0 Å². The van der Waals surface area contributed by atoms with Crippen LogP contribution in [0.4, 0.5) is 0 Å². The molecule has 1 aliphatic heterocycles. The van der Waals surface area contributed by atoms with E-state index in [1.54, 1.807) is 0 Å². The van der Waals surface area contributed by atoms with Gasteiger partial charge in [-0.15, -0.1) is 0 Å². The largest absolute Gasteiger partial charge is 0.239 e. The highest BCUT2D eigenvalue weighted by Crippen LogP contribution is 2.00. The lowest BCUT2D eigenvalue weighted by atomic mass is 10.1. The Morgan fingerprint density at radius 3 is 2.20 bits per heavy atom. The molecule has 29 valence electrons. The summed E-state index contributed by atoms with van der Waals surface area (Å²) in [7, 11) is 0. The Balaban J connectivity index is 2.08. The van der Waals surface area contributed by atoms with Crippen LogP contribution < -0.4 is 5.32 Å². The maximum Gasteiger partial charge on any atom is 0.0230 e. The summed E-state index contributed by atoms with van der Waals surface area (Å²) in [4.78, 5) is 0. The van der Waals surface area contributed by atoms with Crippen LogP contribution in [0.1, 0.15) is 13.3 Å². The van der Waals surface area contributed by atoms with E-state index in [1.165, 1.54) is 6.42 Å². The van der Waals surface area contributed by atoms with Gasteiger partial charge in [-0.25, -0.2) is 5.32 Å². The summed E-state index contributed by atoms with van der Waals surface area (Å²) in [5.74, 6) is 0. The fraction of sp³-hybridized carbons (Fsp3) is 1.00. The highest BCUT2D eigenvalue weighted by Gasteiger charge is 2.09. The first-order valence-corrected chi connectivity index (χ1v) is 2.06. The van der Waals surface area contributed by atoms with Crippen molar-refractivity contribution in [3.8, 4) is 0 Å². The Morgan fingerprint density at radius 1 is 1.80 bits per heavy atom. The third kappa shape index (κ3) is 0.428. The summed E-state index contributed by atoms with van der Waals surface area (Å²) in [5.41, 5.74) is 0. The van der Waals surface area contributed by atoms with Crippen molar-refractivity contribution in [2.24, 2.45) is 0 Å². The molecule has 1 heterocycles. The van der Waals surface area contributed by atoms with E-state index in [2.05, 4.69) is 12.2 Å². The third-order valence-electron chi connectivity index (χ3n) is 0.988.